The molecule has 46 heavy (non-hydrogen) atoms. The molecule has 252 valence electrons. The maximum Gasteiger partial charge on any atom is 0.225 e. The first-order chi connectivity index (χ1) is 22.2. The second kappa shape index (κ2) is 16.6. The summed E-state index contributed by atoms with van der Waals surface area (Å²) in [4.78, 5) is 33.5. The van der Waals surface area contributed by atoms with Crippen molar-refractivity contribution in [3.8, 4) is 0 Å². The maximum absolute atomic E-state index is 13.5. The standard InChI is InChI=1S/C38H56ClN5O2/c1-27(2)25-44(34-16-21-43(22-17-34)38(46)28(3)4)33-14-19-42(20-15-33)26-32(23-29-9-11-31(39)12-10-29)41-37(45)24-36-35-8-6-5-7-30(35)13-18-40-36/h5-12,27-28,32-34,36,40H,13-26H2,1-4H3,(H,41,45). The van der Waals surface area contributed by atoms with Crippen LogP contribution in [-0.2, 0) is 22.4 Å². The van der Waals surface area contributed by atoms with Gasteiger partial charge in [-0.3, -0.25) is 14.5 Å². The predicted octanol–water partition coefficient (Wildman–Crippen LogP) is 5.71. The number of amides is 2. The van der Waals surface area contributed by atoms with Gasteiger partial charge in [0.1, 0.15) is 0 Å². The molecule has 0 aromatic heterocycles. The smallest absolute Gasteiger partial charge is 0.225 e. The van der Waals surface area contributed by atoms with E-state index in [9.17, 15) is 9.59 Å². The van der Waals surface area contributed by atoms with E-state index in [0.717, 1.165) is 89.4 Å². The van der Waals surface area contributed by atoms with Crippen LogP contribution >= 0.6 is 11.6 Å². The molecular weight excluding hydrogens is 594 g/mol. The number of halogens is 1. The summed E-state index contributed by atoms with van der Waals surface area (Å²) in [5, 5.41) is 7.75. The first-order valence-electron chi connectivity index (χ1n) is 17.8. The van der Waals surface area contributed by atoms with Gasteiger partial charge in [-0.05, 0) is 92.9 Å². The van der Waals surface area contributed by atoms with Gasteiger partial charge in [0.25, 0.3) is 0 Å². The van der Waals surface area contributed by atoms with Crippen LogP contribution in [0.4, 0.5) is 0 Å². The van der Waals surface area contributed by atoms with Gasteiger partial charge in [-0.1, -0.05) is 75.7 Å². The monoisotopic (exact) mass is 649 g/mol. The highest BCUT2D eigenvalue weighted by Crippen LogP contribution is 2.28. The van der Waals surface area contributed by atoms with Gasteiger partial charge in [-0.25, -0.2) is 0 Å². The fourth-order valence-corrected chi connectivity index (χ4v) is 7.99. The molecule has 3 heterocycles. The molecule has 3 aliphatic heterocycles. The number of likely N-dealkylation sites (tertiary alicyclic amines) is 2. The number of hydrogen-bond donors (Lipinski definition) is 2. The van der Waals surface area contributed by atoms with Crippen LogP contribution in [0.2, 0.25) is 5.02 Å². The van der Waals surface area contributed by atoms with Crippen LogP contribution < -0.4 is 10.6 Å². The van der Waals surface area contributed by atoms with Crippen LogP contribution in [0.1, 0.15) is 82.5 Å². The molecule has 2 unspecified atom stereocenters. The lowest BCUT2D eigenvalue weighted by Gasteiger charge is -2.46. The van der Waals surface area contributed by atoms with E-state index < -0.39 is 0 Å². The van der Waals surface area contributed by atoms with Crippen molar-refractivity contribution in [2.75, 3.05) is 45.8 Å². The zero-order chi connectivity index (χ0) is 32.6. The average Bonchev–Trinajstić information content (AvgIpc) is 3.05. The van der Waals surface area contributed by atoms with Crippen LogP contribution in [-0.4, -0.2) is 90.5 Å². The molecule has 2 N–H and O–H groups in total. The molecule has 0 bridgehead atoms. The van der Waals surface area contributed by atoms with Gasteiger partial charge in [0.05, 0.1) is 0 Å². The molecule has 2 aromatic rings. The summed E-state index contributed by atoms with van der Waals surface area (Å²) in [7, 11) is 0. The predicted molar refractivity (Wildman–Crippen MR) is 188 cm³/mol. The summed E-state index contributed by atoms with van der Waals surface area (Å²) < 4.78 is 0. The summed E-state index contributed by atoms with van der Waals surface area (Å²) in [6.45, 7) is 15.3. The number of fused-ring (bicyclic) bond motifs is 1. The molecule has 7 nitrogen and oxygen atoms in total. The molecule has 2 atom stereocenters. The largest absolute Gasteiger partial charge is 0.352 e. The molecule has 8 heteroatoms. The third kappa shape index (κ3) is 9.56. The Kier molecular flexibility index (Phi) is 12.6. The Bertz CT molecular complexity index is 1270. The Morgan fingerprint density at radius 1 is 0.935 bits per heavy atom. The van der Waals surface area contributed by atoms with E-state index in [1.165, 1.54) is 16.7 Å². The van der Waals surface area contributed by atoms with Gasteiger partial charge < -0.3 is 20.4 Å². The number of nitrogens with zero attached hydrogens (tertiary/aromatic N) is 3. The summed E-state index contributed by atoms with van der Waals surface area (Å²) in [6, 6.07) is 17.7. The molecule has 5 rings (SSSR count). The lowest BCUT2D eigenvalue weighted by atomic mass is 9.92. The van der Waals surface area contributed by atoms with E-state index in [4.69, 9.17) is 11.6 Å². The number of nitrogens with one attached hydrogen (secondary N) is 2. The van der Waals surface area contributed by atoms with Gasteiger partial charge in [0.2, 0.25) is 11.8 Å². The number of piperidine rings is 2. The summed E-state index contributed by atoms with van der Waals surface area (Å²) in [5.41, 5.74) is 3.79. The zero-order valence-electron chi connectivity index (χ0n) is 28.5. The number of hydrogen-bond acceptors (Lipinski definition) is 5. The van der Waals surface area contributed by atoms with E-state index in [1.54, 1.807) is 0 Å². The van der Waals surface area contributed by atoms with Gasteiger partial charge in [-0.15, -0.1) is 0 Å². The lowest BCUT2D eigenvalue weighted by Crippen LogP contribution is -2.55. The van der Waals surface area contributed by atoms with Crippen molar-refractivity contribution in [2.24, 2.45) is 11.8 Å². The molecule has 0 radical (unpaired) electrons. The van der Waals surface area contributed by atoms with Crippen molar-refractivity contribution in [3.63, 3.8) is 0 Å². The molecular formula is C38H56ClN5O2. The summed E-state index contributed by atoms with van der Waals surface area (Å²) >= 11 is 6.19. The van der Waals surface area contributed by atoms with E-state index >= 15 is 0 Å². The van der Waals surface area contributed by atoms with E-state index in [2.05, 4.69) is 75.6 Å². The van der Waals surface area contributed by atoms with Gasteiger partial charge >= 0.3 is 0 Å². The van der Waals surface area contributed by atoms with Gasteiger partial charge in [0.15, 0.2) is 0 Å². The van der Waals surface area contributed by atoms with Crippen molar-refractivity contribution in [1.29, 1.82) is 0 Å². The number of benzene rings is 2. The fraction of sp³-hybridized carbons (Fsp3) is 0.632. The summed E-state index contributed by atoms with van der Waals surface area (Å²) in [6.07, 6.45) is 6.66. The molecule has 0 aliphatic carbocycles. The van der Waals surface area contributed by atoms with Gasteiger partial charge in [0, 0.05) is 67.7 Å². The topological polar surface area (TPSA) is 67.9 Å². The average molecular weight is 650 g/mol. The Labute approximate surface area is 282 Å². The van der Waals surface area contributed by atoms with Crippen molar-refractivity contribution in [3.05, 3.63) is 70.2 Å². The Hall–Kier alpha value is -2.45. The quantitative estimate of drug-likeness (QED) is 0.308. The van der Waals surface area contributed by atoms with Crippen LogP contribution in [0, 0.1) is 11.8 Å². The molecule has 3 aliphatic rings. The minimum Gasteiger partial charge on any atom is -0.352 e. The second-order valence-corrected chi connectivity index (χ2v) is 15.0. The molecule has 2 saturated heterocycles. The Balaban J connectivity index is 1.19. The van der Waals surface area contributed by atoms with Crippen LogP contribution in [0.3, 0.4) is 0 Å². The Morgan fingerprint density at radius 3 is 2.24 bits per heavy atom. The zero-order valence-corrected chi connectivity index (χ0v) is 29.3. The Morgan fingerprint density at radius 2 is 1.59 bits per heavy atom. The molecule has 0 saturated carbocycles. The fourth-order valence-electron chi connectivity index (χ4n) is 7.86. The highest BCUT2D eigenvalue weighted by Gasteiger charge is 2.34. The molecule has 2 aromatic carbocycles. The highest BCUT2D eigenvalue weighted by atomic mass is 35.5. The third-order valence-corrected chi connectivity index (χ3v) is 10.4. The van der Waals surface area contributed by atoms with E-state index in [1.807, 2.05) is 26.0 Å². The second-order valence-electron chi connectivity index (χ2n) is 14.6. The molecule has 2 fully saturated rings. The lowest BCUT2D eigenvalue weighted by molar-refractivity contribution is -0.136. The minimum atomic E-state index is 0.0265. The highest BCUT2D eigenvalue weighted by molar-refractivity contribution is 6.30. The normalized spacial score (nSPS) is 20.7. The van der Waals surface area contributed by atoms with Gasteiger partial charge in [-0.2, -0.15) is 0 Å². The van der Waals surface area contributed by atoms with Crippen molar-refractivity contribution in [2.45, 2.75) is 96.8 Å². The van der Waals surface area contributed by atoms with E-state index in [0.29, 0.717) is 30.3 Å². The number of rotatable bonds is 12. The van der Waals surface area contributed by atoms with Crippen molar-refractivity contribution < 1.29 is 9.59 Å². The van der Waals surface area contributed by atoms with Crippen molar-refractivity contribution in [1.82, 2.24) is 25.3 Å². The first-order valence-corrected chi connectivity index (χ1v) is 18.2. The maximum atomic E-state index is 13.5. The SMILES string of the molecule is CC(C)CN(C1CCN(CC(Cc2ccc(Cl)cc2)NC(=O)CC2NCCc3ccccc32)CC1)C1CCN(C(=O)C(C)C)CC1. The number of carbonyl (C=O) groups is 2. The minimum absolute atomic E-state index is 0.0265. The third-order valence-electron chi connectivity index (χ3n) is 10.2. The van der Waals surface area contributed by atoms with Crippen LogP contribution in [0.5, 0.6) is 0 Å². The first kappa shape index (κ1) is 34.9. The van der Waals surface area contributed by atoms with Crippen LogP contribution in [0.15, 0.2) is 48.5 Å². The van der Waals surface area contributed by atoms with Crippen molar-refractivity contribution >= 4 is 23.4 Å². The van der Waals surface area contributed by atoms with Crippen LogP contribution in [0.25, 0.3) is 0 Å². The number of carbonyl (C=O) groups excluding carboxylic acids is 2. The van der Waals surface area contributed by atoms with E-state index in [-0.39, 0.29) is 23.9 Å². The molecule has 0 spiro atoms. The summed E-state index contributed by atoms with van der Waals surface area (Å²) in [5.74, 6) is 1.08. The molecule has 2 amide bonds.